The van der Waals surface area contributed by atoms with E-state index in [2.05, 4.69) is 5.32 Å². The molecule has 2 aromatic rings. The molecule has 0 saturated carbocycles. The van der Waals surface area contributed by atoms with Crippen LogP contribution in [0.3, 0.4) is 0 Å². The molecule has 7 nitrogen and oxygen atoms in total. The zero-order valence-electron chi connectivity index (χ0n) is 17.2. The van der Waals surface area contributed by atoms with Crippen molar-refractivity contribution < 1.29 is 19.1 Å². The number of aryl methyl sites for hydroxylation is 1. The van der Waals surface area contributed by atoms with E-state index in [9.17, 15) is 14.4 Å². The molecule has 31 heavy (non-hydrogen) atoms. The van der Waals surface area contributed by atoms with Crippen molar-refractivity contribution in [3.05, 3.63) is 76.0 Å². The molecule has 0 radical (unpaired) electrons. The van der Waals surface area contributed by atoms with Gasteiger partial charge >= 0.3 is 12.0 Å². The first-order chi connectivity index (χ1) is 14.9. The van der Waals surface area contributed by atoms with Crippen molar-refractivity contribution in [2.45, 2.75) is 19.9 Å². The van der Waals surface area contributed by atoms with E-state index in [1.54, 1.807) is 29.2 Å². The van der Waals surface area contributed by atoms with E-state index in [4.69, 9.17) is 16.3 Å². The van der Waals surface area contributed by atoms with Crippen LogP contribution in [-0.4, -0.2) is 42.5 Å². The standard InChI is InChI=1S/C23H22ClN3O4/c1-3-26(17-6-4-5-14(2)11-17)19(28)12-27-18-13-31-22(29)20(18)21(25-23(27)30)15-7-9-16(24)10-8-15/h4-11,21H,3,12-13H2,1-2H3,(H,25,30). The fourth-order valence-corrected chi connectivity index (χ4v) is 4.03. The first-order valence-electron chi connectivity index (χ1n) is 9.99. The minimum Gasteiger partial charge on any atom is -0.456 e. The molecule has 0 fully saturated rings. The molecule has 1 N–H and O–H groups in total. The Labute approximate surface area is 185 Å². The highest BCUT2D eigenvalue weighted by atomic mass is 35.5. The minimum absolute atomic E-state index is 0.0461. The lowest BCUT2D eigenvalue weighted by Gasteiger charge is -2.33. The Balaban J connectivity index is 1.63. The van der Waals surface area contributed by atoms with Crippen LogP contribution in [0.1, 0.15) is 24.1 Å². The second-order valence-electron chi connectivity index (χ2n) is 7.43. The molecule has 2 aliphatic heterocycles. The van der Waals surface area contributed by atoms with Crippen molar-refractivity contribution in [2.24, 2.45) is 0 Å². The van der Waals surface area contributed by atoms with Gasteiger partial charge in [-0.05, 0) is 49.2 Å². The normalized spacial score (nSPS) is 17.9. The molecular formula is C23H22ClN3O4. The number of hydrogen-bond acceptors (Lipinski definition) is 4. The number of amides is 3. The van der Waals surface area contributed by atoms with Crippen molar-refractivity contribution >= 4 is 35.2 Å². The summed E-state index contributed by atoms with van der Waals surface area (Å²) >= 11 is 5.96. The summed E-state index contributed by atoms with van der Waals surface area (Å²) in [6.07, 6.45) is 0. The molecule has 0 saturated heterocycles. The van der Waals surface area contributed by atoms with Crippen LogP contribution in [0.2, 0.25) is 5.02 Å². The number of carbonyl (C=O) groups is 3. The van der Waals surface area contributed by atoms with Gasteiger partial charge in [-0.25, -0.2) is 9.59 Å². The van der Waals surface area contributed by atoms with Gasteiger partial charge in [0, 0.05) is 17.3 Å². The number of nitrogens with one attached hydrogen (secondary N) is 1. The number of benzene rings is 2. The number of hydrogen-bond donors (Lipinski definition) is 1. The molecule has 0 spiro atoms. The quantitative estimate of drug-likeness (QED) is 0.722. The number of halogens is 1. The fourth-order valence-electron chi connectivity index (χ4n) is 3.90. The van der Waals surface area contributed by atoms with Crippen molar-refractivity contribution in [3.8, 4) is 0 Å². The second-order valence-corrected chi connectivity index (χ2v) is 7.87. The SMILES string of the molecule is CCN(C(=O)CN1C(=O)NC(c2ccc(Cl)cc2)C2=C1COC2=O)c1cccc(C)c1. The van der Waals surface area contributed by atoms with E-state index in [0.717, 1.165) is 11.3 Å². The molecular weight excluding hydrogens is 418 g/mol. The number of ether oxygens (including phenoxy) is 1. The largest absolute Gasteiger partial charge is 0.456 e. The van der Waals surface area contributed by atoms with Gasteiger partial charge in [0.25, 0.3) is 0 Å². The van der Waals surface area contributed by atoms with E-state index in [1.807, 2.05) is 38.1 Å². The number of likely N-dealkylation sites (N-methyl/N-ethyl adjacent to an activating group) is 1. The zero-order chi connectivity index (χ0) is 22.1. The van der Waals surface area contributed by atoms with E-state index in [1.165, 1.54) is 4.90 Å². The van der Waals surface area contributed by atoms with E-state index in [-0.39, 0.29) is 19.1 Å². The van der Waals surface area contributed by atoms with Crippen molar-refractivity contribution in [1.29, 1.82) is 0 Å². The molecule has 4 rings (SSSR count). The maximum Gasteiger partial charge on any atom is 0.338 e. The lowest BCUT2D eigenvalue weighted by atomic mass is 9.96. The van der Waals surface area contributed by atoms with Crippen molar-refractivity contribution in [1.82, 2.24) is 10.2 Å². The van der Waals surface area contributed by atoms with Crippen molar-refractivity contribution in [2.75, 3.05) is 24.6 Å². The highest BCUT2D eigenvalue weighted by molar-refractivity contribution is 6.30. The van der Waals surface area contributed by atoms with Crippen molar-refractivity contribution in [3.63, 3.8) is 0 Å². The number of esters is 1. The summed E-state index contributed by atoms with van der Waals surface area (Å²) in [4.78, 5) is 41.4. The van der Waals surface area contributed by atoms with Gasteiger partial charge in [-0.1, -0.05) is 35.9 Å². The van der Waals surface area contributed by atoms with Crippen LogP contribution in [0.4, 0.5) is 10.5 Å². The van der Waals surface area contributed by atoms with Gasteiger partial charge in [-0.3, -0.25) is 9.69 Å². The van der Waals surface area contributed by atoms with Crippen LogP contribution < -0.4 is 10.2 Å². The van der Waals surface area contributed by atoms with Crippen LogP contribution in [0.25, 0.3) is 0 Å². The monoisotopic (exact) mass is 439 g/mol. The lowest BCUT2D eigenvalue weighted by molar-refractivity contribution is -0.136. The van der Waals surface area contributed by atoms with Crippen LogP contribution in [-0.2, 0) is 14.3 Å². The summed E-state index contributed by atoms with van der Waals surface area (Å²) in [6, 6.07) is 13.4. The topological polar surface area (TPSA) is 79.0 Å². The molecule has 3 amide bonds. The molecule has 2 heterocycles. The van der Waals surface area contributed by atoms with E-state index >= 15 is 0 Å². The maximum absolute atomic E-state index is 13.1. The Morgan fingerprint density at radius 2 is 1.97 bits per heavy atom. The smallest absolute Gasteiger partial charge is 0.338 e. The van der Waals surface area contributed by atoms with Gasteiger partial charge in [0.2, 0.25) is 5.91 Å². The second kappa shape index (κ2) is 8.43. The van der Waals surface area contributed by atoms with Crippen LogP contribution in [0.5, 0.6) is 0 Å². The highest BCUT2D eigenvalue weighted by Crippen LogP contribution is 2.35. The highest BCUT2D eigenvalue weighted by Gasteiger charge is 2.43. The Morgan fingerprint density at radius 1 is 1.23 bits per heavy atom. The molecule has 0 aliphatic carbocycles. The van der Waals surface area contributed by atoms with Gasteiger partial charge in [0.05, 0.1) is 17.3 Å². The number of carbonyl (C=O) groups excluding carboxylic acids is 3. The third-order valence-electron chi connectivity index (χ3n) is 5.43. The Bertz CT molecular complexity index is 1080. The predicted molar refractivity (Wildman–Crippen MR) is 117 cm³/mol. The minimum atomic E-state index is -0.653. The number of rotatable bonds is 5. The number of nitrogens with zero attached hydrogens (tertiary/aromatic N) is 2. The third-order valence-corrected chi connectivity index (χ3v) is 5.68. The van der Waals surface area contributed by atoms with Crippen LogP contribution >= 0.6 is 11.6 Å². The molecule has 160 valence electrons. The first kappa shape index (κ1) is 20.9. The average Bonchev–Trinajstić information content (AvgIpc) is 3.13. The first-order valence-corrected chi connectivity index (χ1v) is 10.4. The van der Waals surface area contributed by atoms with Crippen LogP contribution in [0, 0.1) is 6.92 Å². The molecule has 2 aliphatic rings. The van der Waals surface area contributed by atoms with Gasteiger partial charge < -0.3 is 15.0 Å². The molecule has 0 bridgehead atoms. The molecule has 0 aromatic heterocycles. The number of anilines is 1. The summed E-state index contributed by atoms with van der Waals surface area (Å²) in [5, 5.41) is 3.38. The molecule has 8 heteroatoms. The van der Waals surface area contributed by atoms with Crippen LogP contribution in [0.15, 0.2) is 59.8 Å². The summed E-state index contributed by atoms with van der Waals surface area (Å²) in [7, 11) is 0. The fraction of sp³-hybridized carbons (Fsp3) is 0.261. The summed E-state index contributed by atoms with van der Waals surface area (Å²) in [6.45, 7) is 4.04. The summed E-state index contributed by atoms with van der Waals surface area (Å²) in [5.41, 5.74) is 3.27. The maximum atomic E-state index is 13.1. The van der Waals surface area contributed by atoms with E-state index < -0.39 is 18.0 Å². The summed E-state index contributed by atoms with van der Waals surface area (Å²) in [5.74, 6) is -0.752. The third kappa shape index (κ3) is 4.01. The molecule has 1 unspecified atom stereocenters. The molecule has 2 aromatic carbocycles. The van der Waals surface area contributed by atoms with E-state index in [0.29, 0.717) is 28.4 Å². The number of urea groups is 1. The average molecular weight is 440 g/mol. The van der Waals surface area contributed by atoms with Gasteiger partial charge in [-0.2, -0.15) is 0 Å². The summed E-state index contributed by atoms with van der Waals surface area (Å²) < 4.78 is 5.22. The Morgan fingerprint density at radius 3 is 2.65 bits per heavy atom. The Hall–Kier alpha value is -3.32. The lowest BCUT2D eigenvalue weighted by Crippen LogP contribution is -2.51. The molecule has 1 atom stereocenters. The zero-order valence-corrected chi connectivity index (χ0v) is 18.0. The number of cyclic esters (lactones) is 1. The predicted octanol–water partition coefficient (Wildman–Crippen LogP) is 3.58. The van der Waals surface area contributed by atoms with Gasteiger partial charge in [-0.15, -0.1) is 0 Å². The van der Waals surface area contributed by atoms with Gasteiger partial charge in [0.15, 0.2) is 0 Å². The van der Waals surface area contributed by atoms with Gasteiger partial charge in [0.1, 0.15) is 13.2 Å². The Kier molecular flexibility index (Phi) is 5.69.